The van der Waals surface area contributed by atoms with Gasteiger partial charge in [0.2, 0.25) is 5.91 Å². The molecule has 2 saturated heterocycles. The number of nitrogens with zero attached hydrogens (tertiary/aromatic N) is 4. The summed E-state index contributed by atoms with van der Waals surface area (Å²) in [5, 5.41) is 3.23. The fourth-order valence-electron chi connectivity index (χ4n) is 4.87. The van der Waals surface area contributed by atoms with E-state index in [4.69, 9.17) is 4.74 Å². The molecule has 1 aromatic carbocycles. The molecule has 0 spiro atoms. The standard InChI is InChI=1S/C23H28F3N5O3/c1-13(2)30-8-7-19(16(11-30)22(33)34-3)31-9-6-18(21(31)32)29-20-15-10-14(23(24,25)26)4-5-17(15)27-12-28-20/h4-5,10,12-13,16,18-19H,6-9,11H2,1-3H3,(H,27,28,29)/t16-,18?,19-/m0/s1. The lowest BCUT2D eigenvalue weighted by atomic mass is 9.90. The number of piperidine rings is 1. The molecule has 11 heteroatoms. The molecule has 1 N–H and O–H groups in total. The molecule has 184 valence electrons. The Labute approximate surface area is 195 Å². The molecule has 2 aliphatic heterocycles. The Bertz CT molecular complexity index is 1080. The summed E-state index contributed by atoms with van der Waals surface area (Å²) in [6, 6.07) is 2.57. The highest BCUT2D eigenvalue weighted by atomic mass is 19.4. The van der Waals surface area contributed by atoms with Gasteiger partial charge < -0.3 is 15.0 Å². The number of nitrogens with one attached hydrogen (secondary N) is 1. The van der Waals surface area contributed by atoms with E-state index in [2.05, 4.69) is 34.0 Å². The van der Waals surface area contributed by atoms with Crippen LogP contribution in [0.25, 0.3) is 10.9 Å². The van der Waals surface area contributed by atoms with Gasteiger partial charge in [-0.1, -0.05) is 0 Å². The third-order valence-electron chi connectivity index (χ3n) is 6.76. The number of carbonyl (C=O) groups excluding carboxylic acids is 2. The first-order chi connectivity index (χ1) is 16.1. The van der Waals surface area contributed by atoms with Crippen LogP contribution >= 0.6 is 0 Å². The second-order valence-electron chi connectivity index (χ2n) is 9.04. The number of carbonyl (C=O) groups is 2. The van der Waals surface area contributed by atoms with Gasteiger partial charge in [0.1, 0.15) is 18.2 Å². The van der Waals surface area contributed by atoms with Crippen LogP contribution in [0.2, 0.25) is 0 Å². The molecular weight excluding hydrogens is 451 g/mol. The summed E-state index contributed by atoms with van der Waals surface area (Å²) in [5.41, 5.74) is -0.463. The molecule has 3 heterocycles. The molecule has 0 saturated carbocycles. The van der Waals surface area contributed by atoms with Crippen molar-refractivity contribution in [2.45, 2.75) is 51.0 Å². The first-order valence-corrected chi connectivity index (χ1v) is 11.3. The number of benzene rings is 1. The number of rotatable bonds is 5. The Morgan fingerprint density at radius 2 is 1.97 bits per heavy atom. The minimum absolute atomic E-state index is 0.176. The second-order valence-corrected chi connectivity index (χ2v) is 9.04. The Hall–Kier alpha value is -2.95. The van der Waals surface area contributed by atoms with Gasteiger partial charge in [-0.3, -0.25) is 14.5 Å². The van der Waals surface area contributed by atoms with E-state index < -0.39 is 23.7 Å². The summed E-state index contributed by atoms with van der Waals surface area (Å²) in [5.74, 6) is -0.829. The molecule has 3 atom stereocenters. The number of likely N-dealkylation sites (tertiary alicyclic amines) is 2. The van der Waals surface area contributed by atoms with Gasteiger partial charge in [0.15, 0.2) is 0 Å². The molecular formula is C23H28F3N5O3. The first kappa shape index (κ1) is 24.2. The van der Waals surface area contributed by atoms with E-state index >= 15 is 0 Å². The Kier molecular flexibility index (Phi) is 6.66. The summed E-state index contributed by atoms with van der Waals surface area (Å²) < 4.78 is 44.7. The van der Waals surface area contributed by atoms with Crippen LogP contribution < -0.4 is 5.32 Å². The molecule has 0 bridgehead atoms. The summed E-state index contributed by atoms with van der Waals surface area (Å²) in [6.07, 6.45) is -2.16. The quantitative estimate of drug-likeness (QED) is 0.660. The largest absolute Gasteiger partial charge is 0.469 e. The number of hydrogen-bond acceptors (Lipinski definition) is 7. The van der Waals surface area contributed by atoms with E-state index in [0.717, 1.165) is 18.7 Å². The number of fused-ring (bicyclic) bond motifs is 1. The zero-order chi connectivity index (χ0) is 24.6. The van der Waals surface area contributed by atoms with E-state index in [9.17, 15) is 22.8 Å². The number of hydrogen-bond donors (Lipinski definition) is 1. The summed E-state index contributed by atoms with van der Waals surface area (Å²) in [4.78, 5) is 37.9. The third kappa shape index (κ3) is 4.66. The molecule has 2 aromatic rings. The van der Waals surface area contributed by atoms with Crippen molar-refractivity contribution in [2.75, 3.05) is 32.1 Å². The highest BCUT2D eigenvalue weighted by Crippen LogP contribution is 2.34. The molecule has 34 heavy (non-hydrogen) atoms. The smallest absolute Gasteiger partial charge is 0.416 e. The second kappa shape index (κ2) is 9.36. The van der Waals surface area contributed by atoms with Crippen LogP contribution in [0.15, 0.2) is 24.5 Å². The maximum Gasteiger partial charge on any atom is 0.416 e. The van der Waals surface area contributed by atoms with Crippen LogP contribution in [0.5, 0.6) is 0 Å². The highest BCUT2D eigenvalue weighted by molar-refractivity contribution is 5.93. The number of aromatic nitrogens is 2. The van der Waals surface area contributed by atoms with E-state index in [1.807, 2.05) is 0 Å². The van der Waals surface area contributed by atoms with E-state index in [1.54, 1.807) is 4.90 Å². The van der Waals surface area contributed by atoms with Crippen molar-refractivity contribution in [3.63, 3.8) is 0 Å². The van der Waals surface area contributed by atoms with Gasteiger partial charge in [-0.2, -0.15) is 13.2 Å². The average molecular weight is 480 g/mol. The van der Waals surface area contributed by atoms with Gasteiger partial charge >= 0.3 is 12.1 Å². The molecule has 2 fully saturated rings. The summed E-state index contributed by atoms with van der Waals surface area (Å²) >= 11 is 0. The molecule has 0 radical (unpaired) electrons. The first-order valence-electron chi connectivity index (χ1n) is 11.3. The minimum atomic E-state index is -4.50. The van der Waals surface area contributed by atoms with Gasteiger partial charge in [-0.05, 0) is 44.9 Å². The van der Waals surface area contributed by atoms with Crippen molar-refractivity contribution >= 4 is 28.6 Å². The molecule has 1 aromatic heterocycles. The van der Waals surface area contributed by atoms with Gasteiger partial charge in [0.25, 0.3) is 0 Å². The Balaban J connectivity index is 1.55. The van der Waals surface area contributed by atoms with Crippen LogP contribution in [0, 0.1) is 5.92 Å². The molecule has 1 unspecified atom stereocenters. The summed E-state index contributed by atoms with van der Waals surface area (Å²) in [7, 11) is 1.35. The normalized spacial score (nSPS) is 24.1. The van der Waals surface area contributed by atoms with Gasteiger partial charge in [-0.15, -0.1) is 0 Å². The third-order valence-corrected chi connectivity index (χ3v) is 6.76. The molecule has 8 nitrogen and oxygen atoms in total. The Morgan fingerprint density at radius 3 is 2.65 bits per heavy atom. The van der Waals surface area contributed by atoms with Crippen molar-refractivity contribution < 1.29 is 27.5 Å². The van der Waals surface area contributed by atoms with E-state index in [0.29, 0.717) is 31.4 Å². The molecule has 2 aliphatic rings. The fraction of sp³-hybridized carbons (Fsp3) is 0.565. The average Bonchev–Trinajstić information content (AvgIpc) is 3.17. The summed E-state index contributed by atoms with van der Waals surface area (Å²) in [6.45, 7) is 5.83. The number of amides is 1. The number of anilines is 1. The number of methoxy groups -OCH3 is 1. The number of ether oxygens (including phenoxy) is 1. The lowest BCUT2D eigenvalue weighted by molar-refractivity contribution is -0.152. The van der Waals surface area contributed by atoms with Crippen LogP contribution in [0.1, 0.15) is 32.3 Å². The van der Waals surface area contributed by atoms with Crippen LogP contribution in [-0.4, -0.2) is 76.5 Å². The zero-order valence-corrected chi connectivity index (χ0v) is 19.3. The highest BCUT2D eigenvalue weighted by Gasteiger charge is 2.44. The number of alkyl halides is 3. The fourth-order valence-corrected chi connectivity index (χ4v) is 4.87. The monoisotopic (exact) mass is 479 g/mol. The van der Waals surface area contributed by atoms with Crippen LogP contribution in [-0.2, 0) is 20.5 Å². The van der Waals surface area contributed by atoms with Crippen molar-refractivity contribution in [3.05, 3.63) is 30.1 Å². The number of esters is 1. The van der Waals surface area contributed by atoms with Gasteiger partial charge in [-0.25, -0.2) is 9.97 Å². The maximum atomic E-state index is 13.3. The van der Waals surface area contributed by atoms with Crippen molar-refractivity contribution in [2.24, 2.45) is 5.92 Å². The van der Waals surface area contributed by atoms with Crippen molar-refractivity contribution in [1.82, 2.24) is 19.8 Å². The number of halogens is 3. The molecule has 1 amide bonds. The molecule has 0 aliphatic carbocycles. The van der Waals surface area contributed by atoms with E-state index in [-0.39, 0.29) is 35.2 Å². The SMILES string of the molecule is COC(=O)[C@H]1CN(C(C)C)CC[C@@H]1N1CCC(Nc2ncnc3ccc(C(F)(F)F)cc23)C1=O. The maximum absolute atomic E-state index is 13.3. The minimum Gasteiger partial charge on any atom is -0.469 e. The molecule has 4 rings (SSSR count). The Morgan fingerprint density at radius 1 is 1.21 bits per heavy atom. The topological polar surface area (TPSA) is 87.7 Å². The van der Waals surface area contributed by atoms with E-state index in [1.165, 1.54) is 19.5 Å². The van der Waals surface area contributed by atoms with Gasteiger partial charge in [0, 0.05) is 37.1 Å². The van der Waals surface area contributed by atoms with Gasteiger partial charge in [0.05, 0.1) is 24.1 Å². The lowest BCUT2D eigenvalue weighted by Gasteiger charge is -2.42. The van der Waals surface area contributed by atoms with Crippen molar-refractivity contribution in [1.29, 1.82) is 0 Å². The van der Waals surface area contributed by atoms with Crippen LogP contribution in [0.3, 0.4) is 0 Å². The predicted molar refractivity (Wildman–Crippen MR) is 119 cm³/mol. The lowest BCUT2D eigenvalue weighted by Crippen LogP contribution is -2.56. The predicted octanol–water partition coefficient (Wildman–Crippen LogP) is 2.93. The zero-order valence-electron chi connectivity index (χ0n) is 19.3. The van der Waals surface area contributed by atoms with Crippen molar-refractivity contribution in [3.8, 4) is 0 Å². The van der Waals surface area contributed by atoms with Crippen LogP contribution in [0.4, 0.5) is 19.0 Å².